The Kier molecular flexibility index (Phi) is 5.75. The van der Waals surface area contributed by atoms with Crippen LogP contribution in [0, 0.1) is 11.8 Å². The molecule has 3 atom stereocenters. The van der Waals surface area contributed by atoms with E-state index in [1.165, 1.54) is 44.9 Å². The lowest BCUT2D eigenvalue weighted by Gasteiger charge is -2.31. The van der Waals surface area contributed by atoms with Crippen molar-refractivity contribution in [3.05, 3.63) is 0 Å². The molecule has 1 saturated heterocycles. The Morgan fingerprint density at radius 1 is 0.941 bits per heavy atom. The van der Waals surface area contributed by atoms with E-state index in [4.69, 9.17) is 15.2 Å². The van der Waals surface area contributed by atoms with Crippen molar-refractivity contribution >= 4 is 0 Å². The van der Waals surface area contributed by atoms with E-state index in [9.17, 15) is 0 Å². The Balaban J connectivity index is 1.62. The van der Waals surface area contributed by atoms with Crippen LogP contribution in [0.1, 0.15) is 44.9 Å². The first-order chi connectivity index (χ1) is 8.40. The second kappa shape index (κ2) is 7.34. The van der Waals surface area contributed by atoms with E-state index >= 15 is 0 Å². The van der Waals surface area contributed by atoms with E-state index in [-0.39, 0.29) is 0 Å². The topological polar surface area (TPSA) is 44.5 Å². The van der Waals surface area contributed by atoms with Crippen LogP contribution >= 0.6 is 0 Å². The number of hydrogen-bond donors (Lipinski definition) is 1. The summed E-state index contributed by atoms with van der Waals surface area (Å²) >= 11 is 0. The van der Waals surface area contributed by atoms with Crippen LogP contribution in [0.25, 0.3) is 0 Å². The Hall–Kier alpha value is -0.120. The molecule has 0 aromatic carbocycles. The lowest BCUT2D eigenvalue weighted by molar-refractivity contribution is -0.0526. The van der Waals surface area contributed by atoms with Crippen LogP contribution in [0.3, 0.4) is 0 Å². The molecule has 1 aliphatic heterocycles. The Labute approximate surface area is 105 Å². The molecule has 17 heavy (non-hydrogen) atoms. The Morgan fingerprint density at radius 2 is 1.71 bits per heavy atom. The van der Waals surface area contributed by atoms with Crippen molar-refractivity contribution in [1.29, 1.82) is 0 Å². The number of nitrogens with two attached hydrogens (primary N) is 1. The first-order valence-corrected chi connectivity index (χ1v) is 7.29. The molecule has 2 rings (SSSR count). The van der Waals surface area contributed by atoms with Gasteiger partial charge in [-0.05, 0) is 50.5 Å². The van der Waals surface area contributed by atoms with Crippen LogP contribution in [-0.2, 0) is 9.47 Å². The highest BCUT2D eigenvalue weighted by atomic mass is 16.5. The molecule has 100 valence electrons. The summed E-state index contributed by atoms with van der Waals surface area (Å²) in [6, 6.07) is 0. The molecule has 0 radical (unpaired) electrons. The van der Waals surface area contributed by atoms with Gasteiger partial charge in [-0.2, -0.15) is 0 Å². The fraction of sp³-hybridized carbons (Fsp3) is 1.00. The molecule has 0 aromatic rings. The molecule has 1 heterocycles. The van der Waals surface area contributed by atoms with Crippen LogP contribution in [0.15, 0.2) is 0 Å². The molecule has 0 spiro atoms. The smallest absolute Gasteiger partial charge is 0.0808 e. The van der Waals surface area contributed by atoms with Crippen molar-refractivity contribution in [3.63, 3.8) is 0 Å². The average molecular weight is 241 g/mol. The normalized spacial score (nSPS) is 34.8. The minimum absolute atomic E-state index is 0.351. The van der Waals surface area contributed by atoms with Crippen LogP contribution in [0.2, 0.25) is 0 Å². The minimum atomic E-state index is 0.351. The van der Waals surface area contributed by atoms with Gasteiger partial charge in [0.2, 0.25) is 0 Å². The van der Waals surface area contributed by atoms with E-state index in [0.717, 1.165) is 26.4 Å². The summed E-state index contributed by atoms with van der Waals surface area (Å²) in [5.41, 5.74) is 5.83. The average Bonchev–Trinajstić information content (AvgIpc) is 2.40. The first kappa shape index (κ1) is 13.3. The highest BCUT2D eigenvalue weighted by Gasteiger charge is 2.24. The molecule has 2 N–H and O–H groups in total. The van der Waals surface area contributed by atoms with Crippen LogP contribution in [-0.4, -0.2) is 32.5 Å². The number of rotatable bonds is 5. The summed E-state index contributed by atoms with van der Waals surface area (Å²) in [6.07, 6.45) is 9.33. The molecular formula is C14H27NO2. The van der Waals surface area contributed by atoms with Gasteiger partial charge in [-0.3, -0.25) is 0 Å². The van der Waals surface area contributed by atoms with E-state index in [0.29, 0.717) is 17.9 Å². The summed E-state index contributed by atoms with van der Waals surface area (Å²) in [5.74, 6) is 1.38. The number of ether oxygens (including phenoxy) is 2. The van der Waals surface area contributed by atoms with E-state index in [1.807, 2.05) is 0 Å². The number of hydrogen-bond acceptors (Lipinski definition) is 3. The lowest BCUT2D eigenvalue weighted by Crippen LogP contribution is -2.31. The van der Waals surface area contributed by atoms with Crippen molar-refractivity contribution < 1.29 is 9.47 Å². The van der Waals surface area contributed by atoms with Gasteiger partial charge < -0.3 is 15.2 Å². The zero-order valence-electron chi connectivity index (χ0n) is 10.9. The van der Waals surface area contributed by atoms with Gasteiger partial charge in [0.25, 0.3) is 0 Å². The van der Waals surface area contributed by atoms with Gasteiger partial charge in [-0.15, -0.1) is 0 Å². The quantitative estimate of drug-likeness (QED) is 0.803. The largest absolute Gasteiger partial charge is 0.378 e. The molecular weight excluding hydrogens is 214 g/mol. The summed E-state index contributed by atoms with van der Waals surface area (Å²) in [6.45, 7) is 3.42. The Bertz CT molecular complexity index is 204. The minimum Gasteiger partial charge on any atom is -0.378 e. The lowest BCUT2D eigenvalue weighted by atomic mass is 9.80. The molecule has 1 saturated carbocycles. The third-order valence-electron chi connectivity index (χ3n) is 4.28. The third kappa shape index (κ3) is 4.23. The van der Waals surface area contributed by atoms with Gasteiger partial charge in [0.15, 0.2) is 0 Å². The summed E-state index contributed by atoms with van der Waals surface area (Å²) in [4.78, 5) is 0. The molecule has 0 bridgehead atoms. The van der Waals surface area contributed by atoms with Crippen molar-refractivity contribution in [3.8, 4) is 0 Å². The maximum atomic E-state index is 5.86. The van der Waals surface area contributed by atoms with Crippen molar-refractivity contribution in [2.75, 3.05) is 26.4 Å². The van der Waals surface area contributed by atoms with Crippen LogP contribution < -0.4 is 5.73 Å². The van der Waals surface area contributed by atoms with Gasteiger partial charge in [-0.25, -0.2) is 0 Å². The van der Waals surface area contributed by atoms with E-state index in [1.54, 1.807) is 0 Å². The zero-order chi connectivity index (χ0) is 11.9. The predicted octanol–water partition coefficient (Wildman–Crippen LogP) is 2.34. The van der Waals surface area contributed by atoms with Crippen molar-refractivity contribution in [1.82, 2.24) is 0 Å². The monoisotopic (exact) mass is 241 g/mol. The zero-order valence-corrected chi connectivity index (χ0v) is 10.9. The third-order valence-corrected chi connectivity index (χ3v) is 4.28. The molecule has 3 unspecified atom stereocenters. The molecule has 3 heteroatoms. The maximum absolute atomic E-state index is 5.86. The van der Waals surface area contributed by atoms with Gasteiger partial charge in [0.1, 0.15) is 0 Å². The van der Waals surface area contributed by atoms with E-state index in [2.05, 4.69) is 0 Å². The van der Waals surface area contributed by atoms with Gasteiger partial charge >= 0.3 is 0 Å². The van der Waals surface area contributed by atoms with Gasteiger partial charge in [0, 0.05) is 13.2 Å². The van der Waals surface area contributed by atoms with Crippen molar-refractivity contribution in [2.24, 2.45) is 17.6 Å². The van der Waals surface area contributed by atoms with Gasteiger partial charge in [-0.1, -0.05) is 12.8 Å². The molecule has 0 aromatic heterocycles. The molecule has 0 amide bonds. The maximum Gasteiger partial charge on any atom is 0.0808 e. The van der Waals surface area contributed by atoms with Crippen LogP contribution in [0.5, 0.6) is 0 Å². The fourth-order valence-electron chi connectivity index (χ4n) is 3.10. The SMILES string of the molecule is NCC1CCCCC1COCC1CCCCO1. The summed E-state index contributed by atoms with van der Waals surface area (Å²) < 4.78 is 11.5. The Morgan fingerprint density at radius 3 is 2.41 bits per heavy atom. The summed E-state index contributed by atoms with van der Waals surface area (Å²) in [5, 5.41) is 0. The molecule has 2 fully saturated rings. The second-order valence-electron chi connectivity index (χ2n) is 5.57. The van der Waals surface area contributed by atoms with Crippen molar-refractivity contribution in [2.45, 2.75) is 51.0 Å². The summed E-state index contributed by atoms with van der Waals surface area (Å²) in [7, 11) is 0. The highest BCUT2D eigenvalue weighted by Crippen LogP contribution is 2.29. The van der Waals surface area contributed by atoms with Gasteiger partial charge in [0.05, 0.1) is 12.7 Å². The highest BCUT2D eigenvalue weighted by molar-refractivity contribution is 4.76. The standard InChI is InChI=1S/C14H27NO2/c15-9-12-5-1-2-6-13(12)10-16-11-14-7-3-4-8-17-14/h12-14H,1-11,15H2. The molecule has 1 aliphatic carbocycles. The predicted molar refractivity (Wildman–Crippen MR) is 68.9 cm³/mol. The van der Waals surface area contributed by atoms with E-state index < -0.39 is 0 Å². The molecule has 2 aliphatic rings. The fourth-order valence-corrected chi connectivity index (χ4v) is 3.10. The van der Waals surface area contributed by atoms with Crippen LogP contribution in [0.4, 0.5) is 0 Å². The second-order valence-corrected chi connectivity index (χ2v) is 5.57. The first-order valence-electron chi connectivity index (χ1n) is 7.29. The molecule has 3 nitrogen and oxygen atoms in total.